The van der Waals surface area contributed by atoms with E-state index in [1.165, 1.54) is 23.5 Å². The molecule has 0 radical (unpaired) electrons. The third-order valence-electron chi connectivity index (χ3n) is 7.80. The van der Waals surface area contributed by atoms with E-state index >= 15 is 0 Å². The highest BCUT2D eigenvalue weighted by atomic mass is 32.2. The summed E-state index contributed by atoms with van der Waals surface area (Å²) in [6, 6.07) is 30.6. The number of benzene rings is 4. The smallest absolute Gasteiger partial charge is 0.234 e. The van der Waals surface area contributed by atoms with Crippen LogP contribution in [0.2, 0.25) is 0 Å². The number of carbonyl (C=O) groups excluding carboxylic acids is 2. The molecule has 0 atom stereocenters. The third kappa shape index (κ3) is 9.84. The monoisotopic (exact) mass is 748 g/mol. The lowest BCUT2D eigenvalue weighted by atomic mass is 10.2. The number of nitrogens with zero attached hydrogens (tertiary/aromatic N) is 6. The Morgan fingerprint density at radius 2 is 1.02 bits per heavy atom. The molecule has 2 amide bonds. The molecule has 0 saturated heterocycles. The number of hydrogen-bond donors (Lipinski definition) is 2. The molecule has 272 valence electrons. The fraction of sp³-hybridized carbons (Fsp3) is 0.231. The van der Waals surface area contributed by atoms with Gasteiger partial charge in [-0.3, -0.25) is 18.7 Å². The number of aromatic nitrogens is 6. The molecule has 4 aromatic carbocycles. The molecule has 2 N–H and O–H groups in total. The van der Waals surface area contributed by atoms with E-state index in [9.17, 15) is 9.59 Å². The van der Waals surface area contributed by atoms with Gasteiger partial charge in [-0.1, -0.05) is 47.8 Å². The minimum absolute atomic E-state index is 0.122. The molecule has 2 heterocycles. The Morgan fingerprint density at radius 1 is 0.604 bits per heavy atom. The average molecular weight is 749 g/mol. The van der Waals surface area contributed by atoms with Crippen molar-refractivity contribution in [2.45, 2.75) is 44.4 Å². The van der Waals surface area contributed by atoms with Crippen LogP contribution >= 0.6 is 23.5 Å². The molecule has 0 saturated carbocycles. The molecule has 0 unspecified atom stereocenters. The fourth-order valence-corrected chi connectivity index (χ4v) is 7.03. The number of ether oxygens (including phenoxy) is 2. The molecule has 0 fully saturated rings. The van der Waals surface area contributed by atoms with Gasteiger partial charge in [0.15, 0.2) is 10.3 Å². The topological polar surface area (TPSA) is 138 Å². The molecular weight excluding hydrogens is 709 g/mol. The van der Waals surface area contributed by atoms with Crippen LogP contribution in [0.3, 0.4) is 0 Å². The van der Waals surface area contributed by atoms with E-state index in [1.54, 1.807) is 0 Å². The maximum absolute atomic E-state index is 13.0. The van der Waals surface area contributed by atoms with Crippen molar-refractivity contribution in [3.05, 3.63) is 120 Å². The van der Waals surface area contributed by atoms with E-state index in [0.29, 0.717) is 35.2 Å². The van der Waals surface area contributed by atoms with Gasteiger partial charge in [0.05, 0.1) is 31.1 Å². The molecule has 6 aromatic rings. The summed E-state index contributed by atoms with van der Waals surface area (Å²) in [6.45, 7) is 8.92. The quantitative estimate of drug-likeness (QED) is 0.0969. The van der Waals surface area contributed by atoms with Crippen LogP contribution in [0.15, 0.2) is 107 Å². The number of carbonyl (C=O) groups is 2. The van der Waals surface area contributed by atoms with Crippen LogP contribution in [0.25, 0.3) is 11.4 Å². The van der Waals surface area contributed by atoms with Crippen molar-refractivity contribution < 1.29 is 19.1 Å². The Labute approximate surface area is 316 Å². The van der Waals surface area contributed by atoms with Gasteiger partial charge in [-0.05, 0) is 112 Å². The lowest BCUT2D eigenvalue weighted by Gasteiger charge is -2.13. The summed E-state index contributed by atoms with van der Waals surface area (Å²) in [6.07, 6.45) is 0.243. The predicted molar refractivity (Wildman–Crippen MR) is 209 cm³/mol. The standard InChI is InChI=1S/C39H40N8O4S2/c1-5-50-32-17-13-30(14-18-32)46-34(42-44-38(46)52-24-36(48)40-28-11-7-9-26(3)21-28)23-35-43-45-39(47(35)31-15-19-33(20-16-31)51-6-2)53-25-37(49)41-29-12-8-10-27(4)22-29/h7-22H,5-6,23-25H2,1-4H3,(H,40,48)(H,41,49). The van der Waals surface area contributed by atoms with Gasteiger partial charge in [0.2, 0.25) is 11.8 Å². The summed E-state index contributed by atoms with van der Waals surface area (Å²) in [7, 11) is 0. The van der Waals surface area contributed by atoms with Crippen LogP contribution in [0.4, 0.5) is 11.4 Å². The molecule has 12 nitrogen and oxygen atoms in total. The average Bonchev–Trinajstić information content (AvgIpc) is 3.74. The van der Waals surface area contributed by atoms with Crippen molar-refractivity contribution in [1.29, 1.82) is 0 Å². The van der Waals surface area contributed by atoms with Crippen LogP contribution in [0.1, 0.15) is 36.6 Å². The second-order valence-electron chi connectivity index (χ2n) is 11.9. The van der Waals surface area contributed by atoms with Gasteiger partial charge in [0, 0.05) is 22.7 Å². The van der Waals surface area contributed by atoms with E-state index < -0.39 is 0 Å². The van der Waals surface area contributed by atoms with E-state index in [0.717, 1.165) is 45.4 Å². The molecule has 0 bridgehead atoms. The number of thioether (sulfide) groups is 2. The van der Waals surface area contributed by atoms with Gasteiger partial charge < -0.3 is 20.1 Å². The first-order valence-electron chi connectivity index (χ1n) is 17.1. The van der Waals surface area contributed by atoms with Crippen molar-refractivity contribution in [3.63, 3.8) is 0 Å². The maximum atomic E-state index is 13.0. The first kappa shape index (κ1) is 37.2. The lowest BCUT2D eigenvalue weighted by Crippen LogP contribution is -2.15. The Balaban J connectivity index is 1.29. The SMILES string of the molecule is CCOc1ccc(-n2c(Cc3nnc(SCC(=O)Nc4cccc(C)c4)n3-c3ccc(OCC)cc3)nnc2SCC(=O)Nc2cccc(C)c2)cc1. The zero-order chi connectivity index (χ0) is 37.2. The number of amides is 2. The van der Waals surface area contributed by atoms with E-state index in [4.69, 9.17) is 9.47 Å². The highest BCUT2D eigenvalue weighted by Crippen LogP contribution is 2.29. The molecule has 2 aromatic heterocycles. The molecule has 0 aliphatic carbocycles. The second-order valence-corrected chi connectivity index (χ2v) is 13.8. The fourth-order valence-electron chi connectivity index (χ4n) is 5.49. The molecule has 53 heavy (non-hydrogen) atoms. The van der Waals surface area contributed by atoms with Gasteiger partial charge in [-0.15, -0.1) is 20.4 Å². The van der Waals surface area contributed by atoms with Crippen molar-refractivity contribution in [1.82, 2.24) is 29.5 Å². The van der Waals surface area contributed by atoms with Gasteiger partial charge in [0.25, 0.3) is 0 Å². The number of anilines is 2. The van der Waals surface area contributed by atoms with E-state index in [2.05, 4.69) is 31.0 Å². The largest absolute Gasteiger partial charge is 0.494 e. The Hall–Kier alpha value is -5.60. The molecule has 14 heteroatoms. The van der Waals surface area contributed by atoms with Crippen molar-refractivity contribution in [3.8, 4) is 22.9 Å². The minimum atomic E-state index is -0.160. The molecule has 6 rings (SSSR count). The Kier molecular flexibility index (Phi) is 12.4. The summed E-state index contributed by atoms with van der Waals surface area (Å²) in [4.78, 5) is 26.0. The van der Waals surface area contributed by atoms with Crippen LogP contribution in [-0.2, 0) is 16.0 Å². The zero-order valence-corrected chi connectivity index (χ0v) is 31.5. The first-order chi connectivity index (χ1) is 25.8. The summed E-state index contributed by atoms with van der Waals surface area (Å²) in [5.74, 6) is 2.57. The Morgan fingerprint density at radius 3 is 1.40 bits per heavy atom. The molecule has 0 aliphatic heterocycles. The normalized spacial score (nSPS) is 10.9. The number of aryl methyl sites for hydroxylation is 2. The highest BCUT2D eigenvalue weighted by molar-refractivity contribution is 8.00. The summed E-state index contributed by atoms with van der Waals surface area (Å²) < 4.78 is 15.2. The summed E-state index contributed by atoms with van der Waals surface area (Å²) >= 11 is 2.57. The zero-order valence-electron chi connectivity index (χ0n) is 29.9. The van der Waals surface area contributed by atoms with Crippen molar-refractivity contribution >= 4 is 46.7 Å². The predicted octanol–water partition coefficient (Wildman–Crippen LogP) is 7.31. The van der Waals surface area contributed by atoms with Crippen LogP contribution in [0.5, 0.6) is 11.5 Å². The number of hydrogen-bond acceptors (Lipinski definition) is 10. The van der Waals surface area contributed by atoms with Gasteiger partial charge in [-0.25, -0.2) is 0 Å². The number of rotatable bonds is 16. The summed E-state index contributed by atoms with van der Waals surface area (Å²) in [5, 5.41) is 25.2. The molecular formula is C39H40N8O4S2. The molecule has 0 spiro atoms. The van der Waals surface area contributed by atoms with Crippen molar-refractivity contribution in [2.75, 3.05) is 35.4 Å². The Bertz CT molecular complexity index is 2010. The third-order valence-corrected chi connectivity index (χ3v) is 9.66. The minimum Gasteiger partial charge on any atom is -0.494 e. The highest BCUT2D eigenvalue weighted by Gasteiger charge is 2.22. The van der Waals surface area contributed by atoms with Gasteiger partial charge >= 0.3 is 0 Å². The van der Waals surface area contributed by atoms with Crippen LogP contribution in [-0.4, -0.2) is 66.1 Å². The van der Waals surface area contributed by atoms with Gasteiger partial charge in [0.1, 0.15) is 23.1 Å². The van der Waals surface area contributed by atoms with E-state index in [1.807, 2.05) is 134 Å². The summed E-state index contributed by atoms with van der Waals surface area (Å²) in [5.41, 5.74) is 5.17. The molecule has 0 aliphatic rings. The van der Waals surface area contributed by atoms with Crippen LogP contribution < -0.4 is 20.1 Å². The van der Waals surface area contributed by atoms with Crippen LogP contribution in [0, 0.1) is 13.8 Å². The van der Waals surface area contributed by atoms with Gasteiger partial charge in [-0.2, -0.15) is 0 Å². The van der Waals surface area contributed by atoms with E-state index in [-0.39, 0.29) is 29.7 Å². The first-order valence-corrected chi connectivity index (χ1v) is 19.1. The number of nitrogens with one attached hydrogen (secondary N) is 2. The van der Waals surface area contributed by atoms with Crippen molar-refractivity contribution in [2.24, 2.45) is 0 Å². The second kappa shape index (κ2) is 17.8. The maximum Gasteiger partial charge on any atom is 0.234 e. The lowest BCUT2D eigenvalue weighted by molar-refractivity contribution is -0.114.